The van der Waals surface area contributed by atoms with Crippen LogP contribution < -0.4 is 0 Å². The van der Waals surface area contributed by atoms with E-state index in [4.69, 9.17) is 5.11 Å². The number of allylic oxidation sites excluding steroid dienone is 1. The Balaban J connectivity index is 2.33. The van der Waals surface area contributed by atoms with Crippen molar-refractivity contribution in [1.82, 2.24) is 4.57 Å². The SMILES string of the molecule is CCC(=CCn1ccc2c(C)cccc21)C(=O)O. The van der Waals surface area contributed by atoms with Crippen LogP contribution in [0.5, 0.6) is 0 Å². The number of aliphatic carboxylic acids is 1. The van der Waals surface area contributed by atoms with Gasteiger partial charge in [-0.25, -0.2) is 4.79 Å². The van der Waals surface area contributed by atoms with Crippen molar-refractivity contribution < 1.29 is 9.90 Å². The number of hydrogen-bond donors (Lipinski definition) is 1. The molecule has 1 aromatic heterocycles. The number of aryl methyl sites for hydroxylation is 1. The van der Waals surface area contributed by atoms with E-state index in [1.807, 2.05) is 19.2 Å². The molecule has 0 aliphatic carbocycles. The molecule has 1 heterocycles. The molecular formula is C15H17NO2. The Labute approximate surface area is 106 Å². The summed E-state index contributed by atoms with van der Waals surface area (Å²) in [6.07, 6.45) is 4.33. The first-order valence-electron chi connectivity index (χ1n) is 6.10. The number of carbonyl (C=O) groups is 1. The molecule has 0 saturated heterocycles. The highest BCUT2D eigenvalue weighted by molar-refractivity contribution is 5.86. The molecule has 0 atom stereocenters. The van der Waals surface area contributed by atoms with E-state index in [2.05, 4.69) is 29.7 Å². The highest BCUT2D eigenvalue weighted by Gasteiger charge is 2.05. The Kier molecular flexibility index (Phi) is 3.51. The van der Waals surface area contributed by atoms with Crippen LogP contribution in [-0.4, -0.2) is 15.6 Å². The van der Waals surface area contributed by atoms with Gasteiger partial charge in [-0.1, -0.05) is 25.1 Å². The molecule has 0 spiro atoms. The number of carboxylic acids is 1. The Hall–Kier alpha value is -2.03. The Morgan fingerprint density at radius 1 is 1.39 bits per heavy atom. The van der Waals surface area contributed by atoms with Crippen molar-refractivity contribution in [2.24, 2.45) is 0 Å². The zero-order valence-corrected chi connectivity index (χ0v) is 10.7. The van der Waals surface area contributed by atoms with E-state index in [1.54, 1.807) is 6.08 Å². The molecule has 2 aromatic rings. The number of hydrogen-bond acceptors (Lipinski definition) is 1. The van der Waals surface area contributed by atoms with E-state index in [9.17, 15) is 4.79 Å². The second kappa shape index (κ2) is 5.08. The zero-order chi connectivity index (χ0) is 13.1. The summed E-state index contributed by atoms with van der Waals surface area (Å²) in [6.45, 7) is 4.54. The van der Waals surface area contributed by atoms with Gasteiger partial charge in [0.15, 0.2) is 0 Å². The monoisotopic (exact) mass is 243 g/mol. The van der Waals surface area contributed by atoms with Gasteiger partial charge in [0.05, 0.1) is 0 Å². The molecule has 0 amide bonds. The molecule has 0 unspecified atom stereocenters. The molecule has 0 aliphatic rings. The van der Waals surface area contributed by atoms with Gasteiger partial charge in [0.2, 0.25) is 0 Å². The summed E-state index contributed by atoms with van der Waals surface area (Å²) in [7, 11) is 0. The molecule has 0 fully saturated rings. The topological polar surface area (TPSA) is 42.2 Å². The highest BCUT2D eigenvalue weighted by atomic mass is 16.4. The lowest BCUT2D eigenvalue weighted by molar-refractivity contribution is -0.132. The van der Waals surface area contributed by atoms with Crippen LogP contribution >= 0.6 is 0 Å². The number of carboxylic acid groups (broad SMARTS) is 1. The van der Waals surface area contributed by atoms with Crippen LogP contribution in [0.2, 0.25) is 0 Å². The van der Waals surface area contributed by atoms with Gasteiger partial charge >= 0.3 is 5.97 Å². The number of fused-ring (bicyclic) bond motifs is 1. The van der Waals surface area contributed by atoms with Crippen molar-refractivity contribution in [3.8, 4) is 0 Å². The first kappa shape index (κ1) is 12.4. The number of rotatable bonds is 4. The molecule has 2 rings (SSSR count). The Bertz CT molecular complexity index is 608. The van der Waals surface area contributed by atoms with Crippen molar-refractivity contribution in [1.29, 1.82) is 0 Å². The second-order valence-electron chi connectivity index (χ2n) is 4.36. The third-order valence-corrected chi connectivity index (χ3v) is 3.22. The predicted octanol–water partition coefficient (Wildman–Crippen LogP) is 3.37. The molecule has 0 radical (unpaired) electrons. The molecule has 0 aliphatic heterocycles. The summed E-state index contributed by atoms with van der Waals surface area (Å²) in [4.78, 5) is 10.9. The second-order valence-corrected chi connectivity index (χ2v) is 4.36. The minimum absolute atomic E-state index is 0.463. The molecule has 1 N–H and O–H groups in total. The van der Waals surface area contributed by atoms with Gasteiger partial charge in [0.1, 0.15) is 0 Å². The van der Waals surface area contributed by atoms with Crippen LogP contribution in [0.25, 0.3) is 10.9 Å². The fourth-order valence-electron chi connectivity index (χ4n) is 2.13. The predicted molar refractivity (Wildman–Crippen MR) is 72.7 cm³/mol. The first-order chi connectivity index (χ1) is 8.63. The van der Waals surface area contributed by atoms with Crippen LogP contribution in [0, 0.1) is 6.92 Å². The van der Waals surface area contributed by atoms with Crippen LogP contribution in [-0.2, 0) is 11.3 Å². The quantitative estimate of drug-likeness (QED) is 0.836. The average Bonchev–Trinajstić information content (AvgIpc) is 2.74. The van der Waals surface area contributed by atoms with Gasteiger partial charge in [0.25, 0.3) is 0 Å². The van der Waals surface area contributed by atoms with Crippen LogP contribution in [0.4, 0.5) is 0 Å². The number of nitrogens with zero attached hydrogens (tertiary/aromatic N) is 1. The largest absolute Gasteiger partial charge is 0.478 e. The van der Waals surface area contributed by atoms with E-state index in [-0.39, 0.29) is 0 Å². The minimum Gasteiger partial charge on any atom is -0.478 e. The van der Waals surface area contributed by atoms with E-state index in [0.29, 0.717) is 18.5 Å². The molecule has 94 valence electrons. The summed E-state index contributed by atoms with van der Waals surface area (Å²) in [5.41, 5.74) is 2.85. The van der Waals surface area contributed by atoms with Gasteiger partial charge in [-0.3, -0.25) is 0 Å². The molecule has 0 bridgehead atoms. The Morgan fingerprint density at radius 2 is 2.17 bits per heavy atom. The normalized spacial score (nSPS) is 12.0. The van der Waals surface area contributed by atoms with E-state index < -0.39 is 5.97 Å². The smallest absolute Gasteiger partial charge is 0.331 e. The summed E-state index contributed by atoms with van der Waals surface area (Å²) < 4.78 is 2.07. The summed E-state index contributed by atoms with van der Waals surface area (Å²) in [5, 5.41) is 10.2. The maximum atomic E-state index is 10.9. The highest BCUT2D eigenvalue weighted by Crippen LogP contribution is 2.19. The summed E-state index contributed by atoms with van der Waals surface area (Å²) in [5.74, 6) is -0.829. The van der Waals surface area contributed by atoms with Gasteiger partial charge in [-0.05, 0) is 31.0 Å². The summed E-state index contributed by atoms with van der Waals surface area (Å²) in [6, 6.07) is 8.24. The van der Waals surface area contributed by atoms with Crippen molar-refractivity contribution in [2.75, 3.05) is 0 Å². The third kappa shape index (κ3) is 2.30. The van der Waals surface area contributed by atoms with Gasteiger partial charge in [-0.15, -0.1) is 0 Å². The number of aromatic nitrogens is 1. The van der Waals surface area contributed by atoms with Crippen molar-refractivity contribution in [2.45, 2.75) is 26.8 Å². The average molecular weight is 243 g/mol. The first-order valence-corrected chi connectivity index (χ1v) is 6.10. The molecular weight excluding hydrogens is 226 g/mol. The number of benzene rings is 1. The molecule has 3 nitrogen and oxygen atoms in total. The maximum absolute atomic E-state index is 10.9. The van der Waals surface area contributed by atoms with Crippen LogP contribution in [0.15, 0.2) is 42.1 Å². The van der Waals surface area contributed by atoms with Gasteiger partial charge in [-0.2, -0.15) is 0 Å². The molecule has 3 heteroatoms. The standard InChI is InChI=1S/C15H17NO2/c1-3-12(15(17)18)7-9-16-10-8-13-11(2)5-4-6-14(13)16/h4-8,10H,3,9H2,1-2H3,(H,17,18). The minimum atomic E-state index is -0.829. The maximum Gasteiger partial charge on any atom is 0.331 e. The van der Waals surface area contributed by atoms with Crippen LogP contribution in [0.3, 0.4) is 0 Å². The lowest BCUT2D eigenvalue weighted by atomic mass is 10.1. The van der Waals surface area contributed by atoms with E-state index >= 15 is 0 Å². The van der Waals surface area contributed by atoms with Gasteiger partial charge in [0, 0.05) is 29.2 Å². The van der Waals surface area contributed by atoms with Crippen molar-refractivity contribution >= 4 is 16.9 Å². The molecule has 18 heavy (non-hydrogen) atoms. The van der Waals surface area contributed by atoms with Crippen LogP contribution in [0.1, 0.15) is 18.9 Å². The summed E-state index contributed by atoms with van der Waals surface area (Å²) >= 11 is 0. The zero-order valence-electron chi connectivity index (χ0n) is 10.7. The fourth-order valence-corrected chi connectivity index (χ4v) is 2.13. The molecule has 1 aromatic carbocycles. The van der Waals surface area contributed by atoms with E-state index in [1.165, 1.54) is 10.9 Å². The third-order valence-electron chi connectivity index (χ3n) is 3.22. The van der Waals surface area contributed by atoms with Gasteiger partial charge < -0.3 is 9.67 Å². The lowest BCUT2D eigenvalue weighted by Crippen LogP contribution is -2.02. The molecule has 0 saturated carbocycles. The van der Waals surface area contributed by atoms with E-state index in [0.717, 1.165) is 5.52 Å². The lowest BCUT2D eigenvalue weighted by Gasteiger charge is -2.04. The van der Waals surface area contributed by atoms with Crippen molar-refractivity contribution in [3.63, 3.8) is 0 Å². The Morgan fingerprint density at radius 3 is 2.83 bits per heavy atom. The van der Waals surface area contributed by atoms with Crippen molar-refractivity contribution in [3.05, 3.63) is 47.7 Å². The fraction of sp³-hybridized carbons (Fsp3) is 0.267.